The molecule has 1 heterocycles. The minimum Gasteiger partial charge on any atom is -0.290 e. The van der Waals surface area contributed by atoms with Crippen LogP contribution in [0.3, 0.4) is 0 Å². The van der Waals surface area contributed by atoms with E-state index in [1.54, 1.807) is 12.1 Å². The van der Waals surface area contributed by atoms with Crippen LogP contribution in [0.5, 0.6) is 0 Å². The molecule has 0 amide bonds. The molecule has 0 spiro atoms. The van der Waals surface area contributed by atoms with Gasteiger partial charge in [-0.1, -0.05) is 60.7 Å². The number of rotatable bonds is 7. The van der Waals surface area contributed by atoms with E-state index in [2.05, 4.69) is 22.2 Å². The van der Waals surface area contributed by atoms with Crippen molar-refractivity contribution in [2.45, 2.75) is 13.3 Å². The van der Waals surface area contributed by atoms with Crippen LogP contribution in [-0.2, 0) is 6.42 Å². The Morgan fingerprint density at radius 3 is 2.22 bits per heavy atom. The molecule has 0 aliphatic heterocycles. The molecule has 4 rings (SSSR count). The van der Waals surface area contributed by atoms with Crippen molar-refractivity contribution < 1.29 is 4.92 Å². The lowest BCUT2D eigenvalue weighted by Crippen LogP contribution is -2.20. The Morgan fingerprint density at radius 2 is 1.59 bits per heavy atom. The zero-order chi connectivity index (χ0) is 22.5. The predicted octanol–water partition coefficient (Wildman–Crippen LogP) is 4.79. The van der Waals surface area contributed by atoms with Crippen LogP contribution in [0, 0.1) is 10.1 Å². The maximum absolute atomic E-state index is 13.4. The molecule has 0 aliphatic rings. The van der Waals surface area contributed by atoms with Gasteiger partial charge in [0.05, 0.1) is 21.9 Å². The Hall–Kier alpha value is -4.26. The van der Waals surface area contributed by atoms with E-state index < -0.39 is 4.92 Å². The average molecular weight is 426 g/mol. The summed E-state index contributed by atoms with van der Waals surface area (Å²) in [6.07, 6.45) is 0.778. The highest BCUT2D eigenvalue weighted by atomic mass is 16.6. The third-order valence-electron chi connectivity index (χ3n) is 5.23. The number of nitrogens with one attached hydrogen (secondary N) is 1. The third kappa shape index (κ3) is 4.41. The molecule has 0 unspecified atom stereocenters. The number of hydrogen-bond donors (Lipinski definition) is 1. The molecule has 0 radical (unpaired) electrons. The van der Waals surface area contributed by atoms with Gasteiger partial charge in [0.25, 0.3) is 11.2 Å². The van der Waals surface area contributed by atoms with Crippen molar-refractivity contribution in [3.05, 3.63) is 117 Å². The molecule has 0 fully saturated rings. The number of non-ortho nitro benzene ring substituents is 1. The van der Waals surface area contributed by atoms with Crippen molar-refractivity contribution in [3.63, 3.8) is 0 Å². The number of hydrogen-bond acceptors (Lipinski definition) is 4. The second-order valence-electron chi connectivity index (χ2n) is 7.34. The maximum Gasteiger partial charge on any atom is 0.280 e. The first kappa shape index (κ1) is 21.0. The first-order valence-electron chi connectivity index (χ1n) is 10.2. The van der Waals surface area contributed by atoms with Crippen LogP contribution >= 0.6 is 0 Å². The van der Waals surface area contributed by atoms with Crippen LogP contribution in [0.15, 0.2) is 94.7 Å². The second kappa shape index (κ2) is 9.26. The van der Waals surface area contributed by atoms with Crippen LogP contribution < -0.4 is 5.56 Å². The standard InChI is InChI=1S/C25H22N4O3/c1-18(26-17-16-19-8-4-2-5-9-19)23-24(20-10-6-3-7-11-20)27-28(25(23)30)21-12-14-22(15-13-21)29(31)32/h2-15,27H,16-17H2,1H3. The van der Waals surface area contributed by atoms with Crippen molar-refractivity contribution in [2.24, 2.45) is 4.99 Å². The van der Waals surface area contributed by atoms with Gasteiger partial charge in [0.2, 0.25) is 0 Å². The first-order chi connectivity index (χ1) is 15.5. The van der Waals surface area contributed by atoms with Gasteiger partial charge >= 0.3 is 0 Å². The summed E-state index contributed by atoms with van der Waals surface area (Å²) in [4.78, 5) is 28.5. The summed E-state index contributed by atoms with van der Waals surface area (Å²) in [6, 6.07) is 25.5. The summed E-state index contributed by atoms with van der Waals surface area (Å²) in [7, 11) is 0. The minimum absolute atomic E-state index is 0.0319. The average Bonchev–Trinajstić information content (AvgIpc) is 3.17. The number of nitro groups is 1. The van der Waals surface area contributed by atoms with Crippen LogP contribution in [-0.4, -0.2) is 27.0 Å². The predicted molar refractivity (Wildman–Crippen MR) is 126 cm³/mol. The molecule has 0 saturated heterocycles. The summed E-state index contributed by atoms with van der Waals surface area (Å²) in [5, 5.41) is 14.1. The summed E-state index contributed by atoms with van der Waals surface area (Å²) in [5.41, 5.74) is 4.07. The Balaban J connectivity index is 1.73. The van der Waals surface area contributed by atoms with Gasteiger partial charge in [0.1, 0.15) is 0 Å². The highest BCUT2D eigenvalue weighted by molar-refractivity contribution is 6.03. The van der Waals surface area contributed by atoms with E-state index in [0.717, 1.165) is 12.0 Å². The topological polar surface area (TPSA) is 93.3 Å². The summed E-state index contributed by atoms with van der Waals surface area (Å²) >= 11 is 0. The van der Waals surface area contributed by atoms with Crippen LogP contribution in [0.1, 0.15) is 18.1 Å². The monoisotopic (exact) mass is 426 g/mol. The zero-order valence-corrected chi connectivity index (χ0v) is 17.6. The van der Waals surface area contributed by atoms with Gasteiger partial charge in [-0.05, 0) is 31.0 Å². The Bertz CT molecular complexity index is 1310. The smallest absolute Gasteiger partial charge is 0.280 e. The molecular weight excluding hydrogens is 404 g/mol. The molecule has 7 nitrogen and oxygen atoms in total. The number of H-pyrrole nitrogens is 1. The molecule has 0 atom stereocenters. The Kier molecular flexibility index (Phi) is 6.07. The van der Waals surface area contributed by atoms with Crippen molar-refractivity contribution >= 4 is 11.4 Å². The number of aromatic nitrogens is 2. The molecule has 0 aliphatic carbocycles. The number of benzene rings is 3. The van der Waals surface area contributed by atoms with Crippen LogP contribution in [0.4, 0.5) is 5.69 Å². The molecule has 4 aromatic rings. The number of aromatic amines is 1. The van der Waals surface area contributed by atoms with E-state index in [4.69, 9.17) is 0 Å². The molecule has 32 heavy (non-hydrogen) atoms. The van der Waals surface area contributed by atoms with Crippen molar-refractivity contribution in [3.8, 4) is 16.9 Å². The number of nitro benzene ring substituents is 1. The summed E-state index contributed by atoms with van der Waals surface area (Å²) < 4.78 is 1.40. The van der Waals surface area contributed by atoms with Gasteiger partial charge in [0.15, 0.2) is 0 Å². The first-order valence-corrected chi connectivity index (χ1v) is 10.2. The molecule has 0 bridgehead atoms. The van der Waals surface area contributed by atoms with Crippen molar-refractivity contribution in [1.29, 1.82) is 0 Å². The van der Waals surface area contributed by atoms with E-state index in [1.807, 2.05) is 55.5 Å². The lowest BCUT2D eigenvalue weighted by molar-refractivity contribution is -0.384. The number of nitrogens with zero attached hydrogens (tertiary/aromatic N) is 3. The van der Waals surface area contributed by atoms with Crippen molar-refractivity contribution in [1.82, 2.24) is 9.78 Å². The number of aliphatic imine (C=N–C) groups is 1. The molecule has 7 heteroatoms. The molecular formula is C25H22N4O3. The van der Waals surface area contributed by atoms with Gasteiger partial charge in [-0.2, -0.15) is 0 Å². The SMILES string of the molecule is CC(=NCCc1ccccc1)c1c(-c2ccccc2)[nH]n(-c2ccc([N+](=O)[O-])cc2)c1=O. The molecule has 1 aromatic heterocycles. The highest BCUT2D eigenvalue weighted by Crippen LogP contribution is 2.22. The fourth-order valence-corrected chi connectivity index (χ4v) is 3.57. The molecule has 1 N–H and O–H groups in total. The van der Waals surface area contributed by atoms with E-state index >= 15 is 0 Å². The molecule has 3 aromatic carbocycles. The normalized spacial score (nSPS) is 11.5. The quantitative estimate of drug-likeness (QED) is 0.261. The van der Waals surface area contributed by atoms with E-state index in [0.29, 0.717) is 29.2 Å². The fourth-order valence-electron chi connectivity index (χ4n) is 3.57. The molecule has 160 valence electrons. The fraction of sp³-hybridized carbons (Fsp3) is 0.120. The largest absolute Gasteiger partial charge is 0.290 e. The Morgan fingerprint density at radius 1 is 0.969 bits per heavy atom. The maximum atomic E-state index is 13.4. The Labute approximate surface area is 184 Å². The second-order valence-corrected chi connectivity index (χ2v) is 7.34. The summed E-state index contributed by atoms with van der Waals surface area (Å²) in [6.45, 7) is 2.40. The van der Waals surface area contributed by atoms with Crippen molar-refractivity contribution in [2.75, 3.05) is 6.54 Å². The van der Waals surface area contributed by atoms with E-state index in [9.17, 15) is 14.9 Å². The molecule has 0 saturated carbocycles. The van der Waals surface area contributed by atoms with Gasteiger partial charge in [-0.3, -0.25) is 25.0 Å². The van der Waals surface area contributed by atoms with Gasteiger partial charge < -0.3 is 0 Å². The third-order valence-corrected chi connectivity index (χ3v) is 5.23. The summed E-state index contributed by atoms with van der Waals surface area (Å²) in [5.74, 6) is 0. The lowest BCUT2D eigenvalue weighted by Gasteiger charge is -2.03. The van der Waals surface area contributed by atoms with E-state index in [1.165, 1.54) is 22.4 Å². The van der Waals surface area contributed by atoms with Crippen LogP contribution in [0.2, 0.25) is 0 Å². The van der Waals surface area contributed by atoms with Gasteiger partial charge in [-0.25, -0.2) is 4.68 Å². The zero-order valence-electron chi connectivity index (χ0n) is 17.6. The minimum atomic E-state index is -0.467. The van der Waals surface area contributed by atoms with Gasteiger partial charge in [-0.15, -0.1) is 0 Å². The lowest BCUT2D eigenvalue weighted by atomic mass is 10.1. The van der Waals surface area contributed by atoms with Gasteiger partial charge in [0, 0.05) is 30.0 Å². The highest BCUT2D eigenvalue weighted by Gasteiger charge is 2.19. The van der Waals surface area contributed by atoms with E-state index in [-0.39, 0.29) is 11.2 Å². The van der Waals surface area contributed by atoms with Crippen LogP contribution in [0.25, 0.3) is 16.9 Å².